The first-order valence-corrected chi connectivity index (χ1v) is 9.37. The van der Waals surface area contributed by atoms with E-state index in [-0.39, 0.29) is 5.82 Å². The number of benzene rings is 2. The summed E-state index contributed by atoms with van der Waals surface area (Å²) in [5.41, 5.74) is 1.73. The maximum atomic E-state index is 14.1. The van der Waals surface area contributed by atoms with Crippen molar-refractivity contribution in [3.8, 4) is 0 Å². The van der Waals surface area contributed by atoms with E-state index in [4.69, 9.17) is 0 Å². The van der Waals surface area contributed by atoms with E-state index in [1.165, 1.54) is 11.6 Å². The lowest BCUT2D eigenvalue weighted by atomic mass is 9.84. The maximum absolute atomic E-state index is 14.1. The highest BCUT2D eigenvalue weighted by Crippen LogP contribution is 2.34. The standard InChI is InChI=1S/C22H24FN3O/c23-21-9-5-4-8-20(21)22(27)10-12-25(13-11-22)16-19-14-24-17-26(19)15-18-6-2-1-3-7-18/h1-9,14,17,27H,10-13,15-16H2. The van der Waals surface area contributed by atoms with Crippen LogP contribution in [0.4, 0.5) is 4.39 Å². The fourth-order valence-corrected chi connectivity index (χ4v) is 3.82. The summed E-state index contributed by atoms with van der Waals surface area (Å²) in [4.78, 5) is 6.61. The molecule has 0 radical (unpaired) electrons. The van der Waals surface area contributed by atoms with Crippen molar-refractivity contribution in [2.24, 2.45) is 0 Å². The van der Waals surface area contributed by atoms with Crippen molar-refractivity contribution >= 4 is 0 Å². The maximum Gasteiger partial charge on any atom is 0.129 e. The van der Waals surface area contributed by atoms with E-state index in [1.807, 2.05) is 30.7 Å². The van der Waals surface area contributed by atoms with Gasteiger partial charge in [0.25, 0.3) is 0 Å². The summed E-state index contributed by atoms with van der Waals surface area (Å²) in [5, 5.41) is 10.9. The monoisotopic (exact) mass is 365 g/mol. The fraction of sp³-hybridized carbons (Fsp3) is 0.318. The minimum atomic E-state index is -1.08. The van der Waals surface area contributed by atoms with E-state index in [9.17, 15) is 9.50 Å². The third-order valence-electron chi connectivity index (χ3n) is 5.44. The lowest BCUT2D eigenvalue weighted by molar-refractivity contribution is -0.0306. The predicted octanol–water partition coefficient (Wildman–Crippen LogP) is 3.55. The van der Waals surface area contributed by atoms with Gasteiger partial charge in [-0.05, 0) is 24.5 Å². The van der Waals surface area contributed by atoms with Crippen LogP contribution < -0.4 is 0 Å². The molecule has 2 heterocycles. The smallest absolute Gasteiger partial charge is 0.129 e. The molecule has 5 heteroatoms. The second-order valence-electron chi connectivity index (χ2n) is 7.29. The Hall–Kier alpha value is -2.50. The van der Waals surface area contributed by atoms with Crippen LogP contribution >= 0.6 is 0 Å². The highest BCUT2D eigenvalue weighted by Gasteiger charge is 2.36. The summed E-state index contributed by atoms with van der Waals surface area (Å²) in [6.07, 6.45) is 4.82. The van der Waals surface area contributed by atoms with Crippen LogP contribution in [0.1, 0.15) is 29.7 Å². The first-order valence-electron chi connectivity index (χ1n) is 9.37. The molecule has 0 bridgehead atoms. The lowest BCUT2D eigenvalue weighted by Crippen LogP contribution is -2.42. The van der Waals surface area contributed by atoms with Crippen LogP contribution in [0, 0.1) is 5.82 Å². The number of nitrogens with zero attached hydrogens (tertiary/aromatic N) is 3. The van der Waals surface area contributed by atoms with Gasteiger partial charge in [0.05, 0.1) is 17.6 Å². The van der Waals surface area contributed by atoms with Gasteiger partial charge in [0.15, 0.2) is 0 Å². The van der Waals surface area contributed by atoms with Crippen LogP contribution in [0.5, 0.6) is 0 Å². The topological polar surface area (TPSA) is 41.3 Å². The summed E-state index contributed by atoms with van der Waals surface area (Å²) in [6.45, 7) is 3.02. The summed E-state index contributed by atoms with van der Waals surface area (Å²) in [7, 11) is 0. The molecule has 0 atom stereocenters. The summed E-state index contributed by atoms with van der Waals surface area (Å²) in [6, 6.07) is 16.9. The molecule has 27 heavy (non-hydrogen) atoms. The van der Waals surface area contributed by atoms with E-state index in [0.717, 1.165) is 31.9 Å². The van der Waals surface area contributed by atoms with E-state index < -0.39 is 5.60 Å². The Morgan fingerprint density at radius 3 is 2.41 bits per heavy atom. The fourth-order valence-electron chi connectivity index (χ4n) is 3.82. The van der Waals surface area contributed by atoms with Crippen LogP contribution in [0.3, 0.4) is 0 Å². The van der Waals surface area contributed by atoms with Crippen LogP contribution in [-0.2, 0) is 18.7 Å². The van der Waals surface area contributed by atoms with Crippen LogP contribution in [0.15, 0.2) is 67.1 Å². The predicted molar refractivity (Wildman–Crippen MR) is 103 cm³/mol. The molecule has 0 saturated carbocycles. The molecule has 4 nitrogen and oxygen atoms in total. The number of hydrogen-bond donors (Lipinski definition) is 1. The molecule has 1 N–H and O–H groups in total. The minimum Gasteiger partial charge on any atom is -0.385 e. The SMILES string of the molecule is OC1(c2ccccc2F)CCN(Cc2cncn2Cc2ccccc2)CC1. The first kappa shape index (κ1) is 17.9. The van der Waals surface area contributed by atoms with Gasteiger partial charge in [-0.15, -0.1) is 0 Å². The second-order valence-corrected chi connectivity index (χ2v) is 7.29. The first-order chi connectivity index (χ1) is 13.1. The van der Waals surface area contributed by atoms with Crippen molar-refractivity contribution in [3.05, 3.63) is 89.8 Å². The molecule has 1 aromatic heterocycles. The molecule has 0 aliphatic carbocycles. The Balaban J connectivity index is 1.40. The molecule has 1 fully saturated rings. The van der Waals surface area contributed by atoms with E-state index >= 15 is 0 Å². The van der Waals surface area contributed by atoms with Crippen LogP contribution in [0.25, 0.3) is 0 Å². The molecule has 2 aromatic carbocycles. The zero-order chi connectivity index (χ0) is 18.7. The van der Waals surface area contributed by atoms with Gasteiger partial charge < -0.3 is 9.67 Å². The van der Waals surface area contributed by atoms with E-state index in [1.54, 1.807) is 18.2 Å². The molecule has 0 amide bonds. The Bertz CT molecular complexity index is 885. The molecule has 1 saturated heterocycles. The van der Waals surface area contributed by atoms with Gasteiger partial charge >= 0.3 is 0 Å². The molecular formula is C22H24FN3O. The Morgan fingerprint density at radius 2 is 1.67 bits per heavy atom. The number of imidazole rings is 1. The van der Waals surface area contributed by atoms with Crippen molar-refractivity contribution in [2.45, 2.75) is 31.5 Å². The van der Waals surface area contributed by atoms with Crippen molar-refractivity contribution in [2.75, 3.05) is 13.1 Å². The largest absolute Gasteiger partial charge is 0.385 e. The van der Waals surface area contributed by atoms with E-state index in [2.05, 4.69) is 26.6 Å². The quantitative estimate of drug-likeness (QED) is 0.752. The Kier molecular flexibility index (Phi) is 5.05. The van der Waals surface area contributed by atoms with Crippen molar-refractivity contribution in [1.29, 1.82) is 0 Å². The lowest BCUT2D eigenvalue weighted by Gasteiger charge is -2.38. The van der Waals surface area contributed by atoms with Gasteiger partial charge in [0.1, 0.15) is 5.82 Å². The van der Waals surface area contributed by atoms with Gasteiger partial charge in [0.2, 0.25) is 0 Å². The third-order valence-corrected chi connectivity index (χ3v) is 5.44. The molecule has 140 valence electrons. The van der Waals surface area contributed by atoms with Crippen molar-refractivity contribution < 1.29 is 9.50 Å². The number of piperidine rings is 1. The molecular weight excluding hydrogens is 341 g/mol. The molecule has 1 aliphatic rings. The van der Waals surface area contributed by atoms with Gasteiger partial charge in [-0.3, -0.25) is 4.90 Å². The number of aromatic nitrogens is 2. The molecule has 1 aliphatic heterocycles. The number of rotatable bonds is 5. The minimum absolute atomic E-state index is 0.325. The normalized spacial score (nSPS) is 17.1. The zero-order valence-corrected chi connectivity index (χ0v) is 15.3. The third kappa shape index (κ3) is 3.94. The van der Waals surface area contributed by atoms with Gasteiger partial charge in [0, 0.05) is 37.9 Å². The van der Waals surface area contributed by atoms with Crippen LogP contribution in [-0.4, -0.2) is 32.6 Å². The Morgan fingerprint density at radius 1 is 0.963 bits per heavy atom. The van der Waals surface area contributed by atoms with Crippen molar-refractivity contribution in [1.82, 2.24) is 14.5 Å². The highest BCUT2D eigenvalue weighted by molar-refractivity contribution is 5.25. The van der Waals surface area contributed by atoms with Crippen LogP contribution in [0.2, 0.25) is 0 Å². The number of likely N-dealkylation sites (tertiary alicyclic amines) is 1. The van der Waals surface area contributed by atoms with Gasteiger partial charge in [-0.25, -0.2) is 9.37 Å². The average Bonchev–Trinajstić information content (AvgIpc) is 3.11. The van der Waals surface area contributed by atoms with Gasteiger partial charge in [-0.1, -0.05) is 48.5 Å². The summed E-state index contributed by atoms with van der Waals surface area (Å²) >= 11 is 0. The number of hydrogen-bond acceptors (Lipinski definition) is 3. The van der Waals surface area contributed by atoms with E-state index in [0.29, 0.717) is 18.4 Å². The molecule has 3 aromatic rings. The average molecular weight is 365 g/mol. The summed E-state index contributed by atoms with van der Waals surface area (Å²) in [5.74, 6) is -0.325. The van der Waals surface area contributed by atoms with Crippen molar-refractivity contribution in [3.63, 3.8) is 0 Å². The molecule has 4 rings (SSSR count). The second kappa shape index (κ2) is 7.62. The van der Waals surface area contributed by atoms with Gasteiger partial charge in [-0.2, -0.15) is 0 Å². The zero-order valence-electron chi connectivity index (χ0n) is 15.3. The highest BCUT2D eigenvalue weighted by atomic mass is 19.1. The summed E-state index contributed by atoms with van der Waals surface area (Å²) < 4.78 is 16.3. The number of aliphatic hydroxyl groups is 1. The Labute approximate surface area is 158 Å². The molecule has 0 unspecified atom stereocenters. The number of halogens is 1. The molecule has 0 spiro atoms.